The third kappa shape index (κ3) is 3.34. The van der Waals surface area contributed by atoms with Gasteiger partial charge in [0.1, 0.15) is 6.61 Å². The first-order valence-corrected chi connectivity index (χ1v) is 4.86. The largest absolute Gasteiger partial charge is 0.475 e. The lowest BCUT2D eigenvalue weighted by Gasteiger charge is -2.08. The van der Waals surface area contributed by atoms with Crippen molar-refractivity contribution < 1.29 is 9.84 Å². The van der Waals surface area contributed by atoms with Crippen LogP contribution in [-0.4, -0.2) is 22.8 Å². The van der Waals surface area contributed by atoms with Crippen molar-refractivity contribution in [2.45, 2.75) is 32.8 Å². The lowest BCUT2D eigenvalue weighted by molar-refractivity contribution is 0.120. The minimum absolute atomic E-state index is 0.286. The first-order valence-electron chi connectivity index (χ1n) is 4.86. The zero-order chi connectivity index (χ0) is 10.6. The van der Waals surface area contributed by atoms with Crippen molar-refractivity contribution in [2.75, 3.05) is 6.61 Å². The van der Waals surface area contributed by atoms with Crippen LogP contribution in [0, 0.1) is 0 Å². The molecule has 1 unspecified atom stereocenters. The smallest absolute Gasteiger partial charge is 0.213 e. The Balaban J connectivity index is 2.55. The van der Waals surface area contributed by atoms with E-state index in [0.29, 0.717) is 11.8 Å². The highest BCUT2D eigenvalue weighted by molar-refractivity contribution is 5.20. The molecule has 0 aliphatic heterocycles. The second-order valence-electron chi connectivity index (χ2n) is 3.74. The van der Waals surface area contributed by atoms with Gasteiger partial charge in [-0.1, -0.05) is 19.9 Å². The molecule has 0 bridgehead atoms. The minimum Gasteiger partial charge on any atom is -0.475 e. The van der Waals surface area contributed by atoms with Gasteiger partial charge in [0.15, 0.2) is 0 Å². The van der Waals surface area contributed by atoms with E-state index in [9.17, 15) is 0 Å². The Morgan fingerprint density at radius 3 is 2.50 bits per heavy atom. The van der Waals surface area contributed by atoms with Crippen LogP contribution in [0.2, 0.25) is 0 Å². The first-order chi connectivity index (χ1) is 6.59. The van der Waals surface area contributed by atoms with Gasteiger partial charge < -0.3 is 9.84 Å². The van der Waals surface area contributed by atoms with Gasteiger partial charge in [0, 0.05) is 12.3 Å². The normalized spacial score (nSPS) is 12.9. The molecule has 1 atom stereocenters. The predicted molar refractivity (Wildman–Crippen MR) is 55.5 cm³/mol. The van der Waals surface area contributed by atoms with E-state index in [1.54, 1.807) is 6.92 Å². The number of aliphatic hydroxyl groups excluding tert-OH is 1. The maximum atomic E-state index is 9.00. The molecule has 3 nitrogen and oxygen atoms in total. The van der Waals surface area contributed by atoms with Crippen molar-refractivity contribution in [1.29, 1.82) is 0 Å². The zero-order valence-corrected chi connectivity index (χ0v) is 8.90. The van der Waals surface area contributed by atoms with Crippen LogP contribution in [0.15, 0.2) is 18.3 Å². The van der Waals surface area contributed by atoms with Crippen molar-refractivity contribution in [3.05, 3.63) is 23.9 Å². The van der Waals surface area contributed by atoms with Crippen LogP contribution in [-0.2, 0) is 0 Å². The second-order valence-corrected chi connectivity index (χ2v) is 3.74. The third-order valence-electron chi connectivity index (χ3n) is 1.90. The minimum atomic E-state index is -0.457. The second kappa shape index (κ2) is 4.96. The Labute approximate surface area is 84.7 Å². The maximum Gasteiger partial charge on any atom is 0.213 e. The Bertz CT molecular complexity index is 267. The summed E-state index contributed by atoms with van der Waals surface area (Å²) in [5.41, 5.74) is 1.19. The van der Waals surface area contributed by atoms with E-state index in [2.05, 4.69) is 18.8 Å². The number of aliphatic hydroxyl groups is 1. The molecule has 0 aliphatic rings. The van der Waals surface area contributed by atoms with Gasteiger partial charge in [-0.2, -0.15) is 0 Å². The van der Waals surface area contributed by atoms with E-state index >= 15 is 0 Å². The van der Waals surface area contributed by atoms with E-state index < -0.39 is 6.10 Å². The molecule has 1 N–H and O–H groups in total. The summed E-state index contributed by atoms with van der Waals surface area (Å²) in [6.45, 7) is 6.21. The van der Waals surface area contributed by atoms with Gasteiger partial charge in [0.2, 0.25) is 5.88 Å². The van der Waals surface area contributed by atoms with E-state index in [0.717, 1.165) is 0 Å². The Morgan fingerprint density at radius 1 is 1.36 bits per heavy atom. The molecule has 14 heavy (non-hydrogen) atoms. The van der Waals surface area contributed by atoms with Crippen molar-refractivity contribution in [3.63, 3.8) is 0 Å². The van der Waals surface area contributed by atoms with Crippen LogP contribution in [0.5, 0.6) is 5.88 Å². The molecule has 78 valence electrons. The molecule has 0 amide bonds. The van der Waals surface area contributed by atoms with E-state index in [-0.39, 0.29) is 6.61 Å². The average molecular weight is 195 g/mol. The summed E-state index contributed by atoms with van der Waals surface area (Å²) in [6, 6.07) is 3.83. The lowest BCUT2D eigenvalue weighted by atomic mass is 10.1. The molecule has 1 aromatic heterocycles. The highest BCUT2D eigenvalue weighted by Crippen LogP contribution is 2.15. The lowest BCUT2D eigenvalue weighted by Crippen LogP contribution is -2.13. The van der Waals surface area contributed by atoms with Crippen molar-refractivity contribution in [2.24, 2.45) is 0 Å². The molecular formula is C11H17NO2. The van der Waals surface area contributed by atoms with Gasteiger partial charge in [0.25, 0.3) is 0 Å². The highest BCUT2D eigenvalue weighted by atomic mass is 16.5. The fourth-order valence-electron chi connectivity index (χ4n) is 1.02. The number of ether oxygens (including phenoxy) is 1. The van der Waals surface area contributed by atoms with E-state index in [4.69, 9.17) is 9.84 Å². The summed E-state index contributed by atoms with van der Waals surface area (Å²) in [7, 11) is 0. The highest BCUT2D eigenvalue weighted by Gasteiger charge is 2.01. The van der Waals surface area contributed by atoms with Crippen LogP contribution in [0.25, 0.3) is 0 Å². The summed E-state index contributed by atoms with van der Waals surface area (Å²) in [4.78, 5) is 4.14. The number of pyridine rings is 1. The monoisotopic (exact) mass is 195 g/mol. The molecule has 0 saturated carbocycles. The number of aromatic nitrogens is 1. The van der Waals surface area contributed by atoms with E-state index in [1.165, 1.54) is 5.56 Å². The molecule has 0 fully saturated rings. The van der Waals surface area contributed by atoms with Gasteiger partial charge in [-0.15, -0.1) is 0 Å². The van der Waals surface area contributed by atoms with Gasteiger partial charge in [-0.05, 0) is 18.4 Å². The molecule has 0 saturated heterocycles. The molecule has 3 heteroatoms. The van der Waals surface area contributed by atoms with Crippen LogP contribution in [0.1, 0.15) is 32.3 Å². The standard InChI is InChI=1S/C11H17NO2/c1-8(2)10-4-5-11(12-6-10)14-7-9(3)13/h4-6,8-9,13H,7H2,1-3H3. The fraction of sp³-hybridized carbons (Fsp3) is 0.545. The topological polar surface area (TPSA) is 42.4 Å². The van der Waals surface area contributed by atoms with Crippen molar-refractivity contribution >= 4 is 0 Å². The molecular weight excluding hydrogens is 178 g/mol. The van der Waals surface area contributed by atoms with Crippen LogP contribution < -0.4 is 4.74 Å². The predicted octanol–water partition coefficient (Wildman–Crippen LogP) is 1.96. The van der Waals surface area contributed by atoms with Gasteiger partial charge >= 0.3 is 0 Å². The SMILES string of the molecule is CC(O)COc1ccc(C(C)C)cn1. The molecule has 1 aromatic rings. The molecule has 0 radical (unpaired) electrons. The molecule has 0 aromatic carbocycles. The summed E-state index contributed by atoms with van der Waals surface area (Å²) >= 11 is 0. The Morgan fingerprint density at radius 2 is 2.07 bits per heavy atom. The van der Waals surface area contributed by atoms with Crippen molar-refractivity contribution in [1.82, 2.24) is 4.98 Å². The van der Waals surface area contributed by atoms with Crippen LogP contribution in [0.4, 0.5) is 0 Å². The molecule has 1 rings (SSSR count). The number of rotatable bonds is 4. The summed E-state index contributed by atoms with van der Waals surface area (Å²) < 4.78 is 5.24. The molecule has 0 spiro atoms. The Kier molecular flexibility index (Phi) is 3.89. The summed E-state index contributed by atoms with van der Waals surface area (Å²) in [5, 5.41) is 9.00. The Hall–Kier alpha value is -1.09. The van der Waals surface area contributed by atoms with Crippen molar-refractivity contribution in [3.8, 4) is 5.88 Å². The first kappa shape index (κ1) is 11.0. The molecule has 0 aliphatic carbocycles. The summed E-state index contributed by atoms with van der Waals surface area (Å²) in [5.74, 6) is 1.05. The van der Waals surface area contributed by atoms with Crippen LogP contribution >= 0.6 is 0 Å². The number of hydrogen-bond donors (Lipinski definition) is 1. The maximum absolute atomic E-state index is 9.00. The number of nitrogens with zero attached hydrogens (tertiary/aromatic N) is 1. The number of hydrogen-bond acceptors (Lipinski definition) is 3. The third-order valence-corrected chi connectivity index (χ3v) is 1.90. The van der Waals surface area contributed by atoms with Gasteiger partial charge in [-0.3, -0.25) is 0 Å². The summed E-state index contributed by atoms with van der Waals surface area (Å²) in [6.07, 6.45) is 1.35. The fourth-order valence-corrected chi connectivity index (χ4v) is 1.02. The van der Waals surface area contributed by atoms with E-state index in [1.807, 2.05) is 18.3 Å². The van der Waals surface area contributed by atoms with Crippen LogP contribution in [0.3, 0.4) is 0 Å². The average Bonchev–Trinajstić information content (AvgIpc) is 2.15. The van der Waals surface area contributed by atoms with Gasteiger partial charge in [0.05, 0.1) is 6.10 Å². The van der Waals surface area contributed by atoms with Gasteiger partial charge in [-0.25, -0.2) is 4.98 Å². The molecule has 1 heterocycles. The zero-order valence-electron chi connectivity index (χ0n) is 8.90. The quantitative estimate of drug-likeness (QED) is 0.798.